The van der Waals surface area contributed by atoms with Gasteiger partial charge in [-0.1, -0.05) is 12.2 Å². The maximum absolute atomic E-state index is 5.22. The van der Waals surface area contributed by atoms with E-state index in [0.29, 0.717) is 0 Å². The summed E-state index contributed by atoms with van der Waals surface area (Å²) in [7, 11) is 0. The number of nitrogens with zero attached hydrogens (tertiary/aromatic N) is 1. The molecule has 9 heavy (non-hydrogen) atoms. The van der Waals surface area contributed by atoms with Crippen LogP contribution < -0.4 is 0 Å². The molecule has 3 aliphatic rings. The number of thiocarbonyl (C=S) groups is 1. The Balaban J connectivity index is 2.15. The van der Waals surface area contributed by atoms with Crippen LogP contribution >= 0.6 is 12.2 Å². The van der Waals surface area contributed by atoms with Crippen molar-refractivity contribution in [3.05, 3.63) is 0 Å². The summed E-state index contributed by atoms with van der Waals surface area (Å²) in [4.78, 5) is 3.77. The van der Waals surface area contributed by atoms with Gasteiger partial charge in [-0.25, -0.2) is 0 Å². The number of fused-ring (bicyclic) bond motifs is 3. The lowest BCUT2D eigenvalue weighted by Crippen LogP contribution is -2.46. The summed E-state index contributed by atoms with van der Waals surface area (Å²) in [6.07, 6.45) is 2.66. The summed E-state index contributed by atoms with van der Waals surface area (Å²) >= 11 is 5.22. The maximum atomic E-state index is 5.22. The van der Waals surface area contributed by atoms with Gasteiger partial charge in [0.1, 0.15) is 0 Å². The Morgan fingerprint density at radius 1 is 1.33 bits per heavy atom. The minimum absolute atomic E-state index is 0.810. The van der Waals surface area contributed by atoms with E-state index in [1.165, 1.54) is 30.8 Å². The Morgan fingerprint density at radius 2 is 2.00 bits per heavy atom. The SMILES string of the molecule is S=C1CN2CCC1CC2. The molecular formula is C7H11NS. The van der Waals surface area contributed by atoms with Crippen molar-refractivity contribution in [1.29, 1.82) is 0 Å². The van der Waals surface area contributed by atoms with Crippen LogP contribution in [0.1, 0.15) is 12.8 Å². The largest absolute Gasteiger partial charge is 0.299 e. The number of hydrogen-bond donors (Lipinski definition) is 0. The predicted octanol–water partition coefficient (Wildman–Crippen LogP) is 1.08. The molecule has 0 aromatic heterocycles. The smallest absolute Gasteiger partial charge is 0.0300 e. The average Bonchev–Trinajstić information content (AvgIpc) is 1.90. The lowest BCUT2D eigenvalue weighted by Gasteiger charge is -2.39. The summed E-state index contributed by atoms with van der Waals surface area (Å²) in [5, 5.41) is 0. The minimum atomic E-state index is 0.810. The van der Waals surface area contributed by atoms with Gasteiger partial charge in [0.15, 0.2) is 0 Å². The van der Waals surface area contributed by atoms with Crippen molar-refractivity contribution in [2.75, 3.05) is 19.6 Å². The van der Waals surface area contributed by atoms with E-state index in [1.54, 1.807) is 0 Å². The van der Waals surface area contributed by atoms with E-state index in [0.717, 1.165) is 12.5 Å². The third kappa shape index (κ3) is 0.904. The van der Waals surface area contributed by atoms with Crippen molar-refractivity contribution in [2.24, 2.45) is 5.92 Å². The Labute approximate surface area is 61.0 Å². The molecule has 0 aromatic rings. The molecule has 2 bridgehead atoms. The van der Waals surface area contributed by atoms with Gasteiger partial charge in [0.2, 0.25) is 0 Å². The number of rotatable bonds is 0. The Hall–Kier alpha value is 0.0500. The van der Waals surface area contributed by atoms with Crippen molar-refractivity contribution >= 4 is 17.1 Å². The van der Waals surface area contributed by atoms with E-state index < -0.39 is 0 Å². The van der Waals surface area contributed by atoms with Crippen molar-refractivity contribution in [3.63, 3.8) is 0 Å². The van der Waals surface area contributed by atoms with Crippen LogP contribution in [0.2, 0.25) is 0 Å². The lowest BCUT2D eigenvalue weighted by atomic mass is 9.88. The van der Waals surface area contributed by atoms with Crippen LogP contribution in [0.15, 0.2) is 0 Å². The van der Waals surface area contributed by atoms with Crippen LogP contribution in [0.3, 0.4) is 0 Å². The van der Waals surface area contributed by atoms with Crippen LogP contribution in [-0.4, -0.2) is 29.4 Å². The average molecular weight is 141 g/mol. The highest BCUT2D eigenvalue weighted by Gasteiger charge is 2.28. The van der Waals surface area contributed by atoms with Crippen LogP contribution in [0.5, 0.6) is 0 Å². The third-order valence-corrected chi connectivity index (χ3v) is 2.88. The highest BCUT2D eigenvalue weighted by atomic mass is 32.1. The molecular weight excluding hydrogens is 130 g/mol. The van der Waals surface area contributed by atoms with E-state index in [-0.39, 0.29) is 0 Å². The second kappa shape index (κ2) is 2.03. The van der Waals surface area contributed by atoms with E-state index in [4.69, 9.17) is 12.2 Å². The Bertz CT molecular complexity index is 136. The molecule has 0 aromatic carbocycles. The fourth-order valence-corrected chi connectivity index (χ4v) is 2.18. The van der Waals surface area contributed by atoms with Gasteiger partial charge in [-0.3, -0.25) is 4.90 Å². The molecule has 0 amide bonds. The molecule has 2 heteroatoms. The monoisotopic (exact) mass is 141 g/mol. The molecule has 3 saturated heterocycles. The molecule has 0 atom stereocenters. The summed E-state index contributed by atoms with van der Waals surface area (Å²) < 4.78 is 0. The quantitative estimate of drug-likeness (QED) is 0.464. The van der Waals surface area contributed by atoms with Crippen molar-refractivity contribution in [1.82, 2.24) is 4.90 Å². The standard InChI is InChI=1S/C7H11NS/c9-7-5-8-3-1-6(7)2-4-8/h6H,1-5H2. The zero-order chi connectivity index (χ0) is 6.27. The van der Waals surface area contributed by atoms with Gasteiger partial charge in [0, 0.05) is 11.4 Å². The zero-order valence-electron chi connectivity index (χ0n) is 5.47. The summed E-state index contributed by atoms with van der Waals surface area (Å²) in [5.41, 5.74) is 0. The molecule has 0 spiro atoms. The van der Waals surface area contributed by atoms with Gasteiger partial charge in [0.25, 0.3) is 0 Å². The van der Waals surface area contributed by atoms with E-state index in [2.05, 4.69) is 4.90 Å². The Kier molecular flexibility index (Phi) is 1.31. The zero-order valence-corrected chi connectivity index (χ0v) is 6.28. The van der Waals surface area contributed by atoms with Gasteiger partial charge in [-0.2, -0.15) is 0 Å². The molecule has 0 N–H and O–H groups in total. The van der Waals surface area contributed by atoms with Crippen LogP contribution in [0, 0.1) is 5.92 Å². The topological polar surface area (TPSA) is 3.24 Å². The molecule has 0 radical (unpaired) electrons. The van der Waals surface area contributed by atoms with Gasteiger partial charge in [0.05, 0.1) is 0 Å². The first kappa shape index (κ1) is 5.81. The van der Waals surface area contributed by atoms with E-state index in [1.807, 2.05) is 0 Å². The highest BCUT2D eigenvalue weighted by molar-refractivity contribution is 7.80. The molecule has 0 unspecified atom stereocenters. The van der Waals surface area contributed by atoms with Gasteiger partial charge in [-0.15, -0.1) is 0 Å². The van der Waals surface area contributed by atoms with Gasteiger partial charge >= 0.3 is 0 Å². The molecule has 50 valence electrons. The lowest BCUT2D eigenvalue weighted by molar-refractivity contribution is 0.204. The highest BCUT2D eigenvalue weighted by Crippen LogP contribution is 2.24. The molecule has 3 rings (SSSR count). The number of hydrogen-bond acceptors (Lipinski definition) is 2. The fraction of sp³-hybridized carbons (Fsp3) is 0.857. The van der Waals surface area contributed by atoms with E-state index >= 15 is 0 Å². The maximum Gasteiger partial charge on any atom is 0.0300 e. The molecule has 3 heterocycles. The predicted molar refractivity (Wildman–Crippen MR) is 41.8 cm³/mol. The van der Waals surface area contributed by atoms with Gasteiger partial charge < -0.3 is 0 Å². The van der Waals surface area contributed by atoms with Crippen LogP contribution in [0.25, 0.3) is 0 Å². The fourth-order valence-electron chi connectivity index (χ4n) is 1.76. The summed E-state index contributed by atoms with van der Waals surface area (Å²) in [5.74, 6) is 0.810. The molecule has 3 aliphatic heterocycles. The van der Waals surface area contributed by atoms with Crippen LogP contribution in [-0.2, 0) is 0 Å². The normalized spacial score (nSPS) is 41.6. The first-order valence-electron chi connectivity index (χ1n) is 3.61. The Morgan fingerprint density at radius 3 is 2.22 bits per heavy atom. The van der Waals surface area contributed by atoms with Crippen molar-refractivity contribution in [3.8, 4) is 0 Å². The molecule has 0 aliphatic carbocycles. The molecule has 1 nitrogen and oxygen atoms in total. The molecule has 0 saturated carbocycles. The first-order valence-corrected chi connectivity index (χ1v) is 4.02. The summed E-state index contributed by atoms with van der Waals surface area (Å²) in [6.45, 7) is 3.70. The second-order valence-electron chi connectivity index (χ2n) is 3.02. The van der Waals surface area contributed by atoms with E-state index in [9.17, 15) is 0 Å². The third-order valence-electron chi connectivity index (χ3n) is 2.42. The second-order valence-corrected chi connectivity index (χ2v) is 3.54. The summed E-state index contributed by atoms with van der Waals surface area (Å²) in [6, 6.07) is 0. The number of piperidine rings is 3. The minimum Gasteiger partial charge on any atom is -0.299 e. The molecule has 3 fully saturated rings. The van der Waals surface area contributed by atoms with Gasteiger partial charge in [-0.05, 0) is 31.8 Å². The van der Waals surface area contributed by atoms with Crippen LogP contribution in [0.4, 0.5) is 0 Å². The first-order chi connectivity index (χ1) is 4.36. The van der Waals surface area contributed by atoms with Crippen molar-refractivity contribution < 1.29 is 0 Å². The van der Waals surface area contributed by atoms with Crippen molar-refractivity contribution in [2.45, 2.75) is 12.8 Å².